The Kier molecular flexibility index (Phi) is 3.14. The third kappa shape index (κ3) is 2.33. The molecule has 3 aliphatic rings. The van der Waals surface area contributed by atoms with Gasteiger partial charge in [-0.15, -0.1) is 0 Å². The molecule has 128 valence electrons. The topological polar surface area (TPSA) is 72.1 Å². The molecule has 0 atom stereocenters. The molecule has 25 heavy (non-hydrogen) atoms. The number of aromatic nitrogens is 2. The minimum atomic E-state index is -0.397. The van der Waals surface area contributed by atoms with Crippen LogP contribution in [0.2, 0.25) is 0 Å². The molecule has 0 bridgehead atoms. The van der Waals surface area contributed by atoms with Crippen molar-refractivity contribution in [2.75, 3.05) is 18.0 Å². The highest BCUT2D eigenvalue weighted by atomic mass is 16.1. The molecule has 1 aromatic carbocycles. The van der Waals surface area contributed by atoms with Crippen LogP contribution in [0, 0.1) is 5.41 Å². The number of fused-ring (bicyclic) bond motifs is 1. The third-order valence-corrected chi connectivity index (χ3v) is 6.11. The molecule has 1 amide bonds. The summed E-state index contributed by atoms with van der Waals surface area (Å²) in [6.45, 7) is 2.21. The van der Waals surface area contributed by atoms with Crippen LogP contribution in [0.15, 0.2) is 24.3 Å². The summed E-state index contributed by atoms with van der Waals surface area (Å²) < 4.78 is 0. The Morgan fingerprint density at radius 3 is 2.44 bits per heavy atom. The van der Waals surface area contributed by atoms with E-state index in [0.717, 1.165) is 49.6 Å². The van der Waals surface area contributed by atoms with Crippen molar-refractivity contribution < 1.29 is 4.79 Å². The van der Waals surface area contributed by atoms with E-state index in [0.29, 0.717) is 11.0 Å². The van der Waals surface area contributed by atoms with Crippen molar-refractivity contribution in [3.63, 3.8) is 0 Å². The molecule has 0 unspecified atom stereocenters. The number of hydrogen-bond acceptors (Lipinski definition) is 4. The lowest BCUT2D eigenvalue weighted by Gasteiger charge is -2.56. The maximum absolute atomic E-state index is 11.3. The standard InChI is InChI=1S/C20H22N4O/c21-18(25)14-7-5-13(6-8-14)17-15-3-1-4-16(15)22-19(23-17)24-11-20(12-24)9-2-10-20/h5-8H,1-4,9-12H2,(H2,21,25). The van der Waals surface area contributed by atoms with Crippen molar-refractivity contribution >= 4 is 11.9 Å². The van der Waals surface area contributed by atoms with Gasteiger partial charge in [0.25, 0.3) is 0 Å². The molecular weight excluding hydrogens is 312 g/mol. The average molecular weight is 334 g/mol. The zero-order chi connectivity index (χ0) is 17.0. The Morgan fingerprint density at radius 1 is 1.04 bits per heavy atom. The van der Waals surface area contributed by atoms with Crippen molar-refractivity contribution in [1.82, 2.24) is 9.97 Å². The molecular formula is C20H22N4O. The summed E-state index contributed by atoms with van der Waals surface area (Å²) in [5.41, 5.74) is 11.0. The van der Waals surface area contributed by atoms with Gasteiger partial charge in [-0.1, -0.05) is 18.6 Å². The first-order valence-electron chi connectivity index (χ1n) is 9.19. The first-order valence-corrected chi connectivity index (χ1v) is 9.19. The second-order valence-corrected chi connectivity index (χ2v) is 7.80. The Hall–Kier alpha value is -2.43. The largest absolute Gasteiger partial charge is 0.366 e. The highest BCUT2D eigenvalue weighted by Crippen LogP contribution is 2.49. The van der Waals surface area contributed by atoms with Crippen molar-refractivity contribution in [1.29, 1.82) is 0 Å². The molecule has 2 N–H and O–H groups in total. The van der Waals surface area contributed by atoms with Crippen LogP contribution in [0.4, 0.5) is 5.95 Å². The van der Waals surface area contributed by atoms with Gasteiger partial charge in [-0.3, -0.25) is 4.79 Å². The highest BCUT2D eigenvalue weighted by molar-refractivity contribution is 5.93. The van der Waals surface area contributed by atoms with Gasteiger partial charge in [0.1, 0.15) is 0 Å². The lowest BCUT2D eigenvalue weighted by Crippen LogP contribution is -2.60. The van der Waals surface area contributed by atoms with Crippen LogP contribution in [-0.4, -0.2) is 29.0 Å². The molecule has 1 spiro atoms. The quantitative estimate of drug-likeness (QED) is 0.937. The Balaban J connectivity index is 1.51. The molecule has 5 heteroatoms. The van der Waals surface area contributed by atoms with Gasteiger partial charge in [0, 0.05) is 40.9 Å². The fourth-order valence-electron chi connectivity index (χ4n) is 4.49. The van der Waals surface area contributed by atoms with E-state index in [4.69, 9.17) is 15.7 Å². The number of nitrogens with two attached hydrogens (primary N) is 1. The Labute approximate surface area is 147 Å². The Bertz CT molecular complexity index is 847. The third-order valence-electron chi connectivity index (χ3n) is 6.11. The summed E-state index contributed by atoms with van der Waals surface area (Å²) in [5.74, 6) is 0.485. The summed E-state index contributed by atoms with van der Waals surface area (Å²) in [4.78, 5) is 23.4. The van der Waals surface area contributed by atoms with E-state index >= 15 is 0 Å². The summed E-state index contributed by atoms with van der Waals surface area (Å²) in [5, 5.41) is 0. The smallest absolute Gasteiger partial charge is 0.248 e. The number of nitrogens with zero attached hydrogens (tertiary/aromatic N) is 3. The second kappa shape index (κ2) is 5.28. The van der Waals surface area contributed by atoms with Gasteiger partial charge in [0.15, 0.2) is 0 Å². The van der Waals surface area contributed by atoms with Gasteiger partial charge in [-0.2, -0.15) is 0 Å². The van der Waals surface area contributed by atoms with E-state index in [1.54, 1.807) is 12.1 Å². The number of carbonyl (C=O) groups is 1. The number of benzene rings is 1. The maximum Gasteiger partial charge on any atom is 0.248 e. The predicted molar refractivity (Wildman–Crippen MR) is 96.5 cm³/mol. The minimum Gasteiger partial charge on any atom is -0.366 e. The molecule has 5 rings (SSSR count). The Morgan fingerprint density at radius 2 is 1.80 bits per heavy atom. The summed E-state index contributed by atoms with van der Waals surface area (Å²) in [7, 11) is 0. The summed E-state index contributed by atoms with van der Waals surface area (Å²) in [6.07, 6.45) is 7.30. The van der Waals surface area contributed by atoms with E-state index in [1.165, 1.54) is 30.5 Å². The number of primary amides is 1. The van der Waals surface area contributed by atoms with Gasteiger partial charge in [0.05, 0.1) is 5.69 Å². The van der Waals surface area contributed by atoms with Gasteiger partial charge in [-0.25, -0.2) is 9.97 Å². The van der Waals surface area contributed by atoms with Crippen LogP contribution in [0.25, 0.3) is 11.3 Å². The average Bonchev–Trinajstić information content (AvgIpc) is 3.00. The first-order chi connectivity index (χ1) is 12.1. The van der Waals surface area contributed by atoms with Crippen LogP contribution in [0.3, 0.4) is 0 Å². The fourth-order valence-corrected chi connectivity index (χ4v) is 4.49. The first kappa shape index (κ1) is 14.9. The van der Waals surface area contributed by atoms with Gasteiger partial charge >= 0.3 is 0 Å². The fraction of sp³-hybridized carbons (Fsp3) is 0.450. The number of carbonyl (C=O) groups excluding carboxylic acids is 1. The van der Waals surface area contributed by atoms with E-state index in [2.05, 4.69) is 4.90 Å². The molecule has 2 heterocycles. The lowest BCUT2D eigenvalue weighted by atomic mass is 9.64. The van der Waals surface area contributed by atoms with Crippen molar-refractivity contribution in [3.05, 3.63) is 41.1 Å². The van der Waals surface area contributed by atoms with Crippen LogP contribution in [0.1, 0.15) is 47.3 Å². The SMILES string of the molecule is NC(=O)c1ccc(-c2nc(N3CC4(CCC4)C3)nc3c2CCC3)cc1. The monoisotopic (exact) mass is 334 g/mol. The maximum atomic E-state index is 11.3. The highest BCUT2D eigenvalue weighted by Gasteiger charge is 2.48. The van der Waals surface area contributed by atoms with E-state index < -0.39 is 5.91 Å². The molecule has 2 fully saturated rings. The van der Waals surface area contributed by atoms with E-state index in [-0.39, 0.29) is 0 Å². The molecule has 2 aliphatic carbocycles. The van der Waals surface area contributed by atoms with Crippen LogP contribution in [-0.2, 0) is 12.8 Å². The molecule has 1 aromatic heterocycles. The number of aryl methyl sites for hydroxylation is 1. The zero-order valence-corrected chi connectivity index (χ0v) is 14.3. The number of rotatable bonds is 3. The van der Waals surface area contributed by atoms with Crippen molar-refractivity contribution in [3.8, 4) is 11.3 Å². The minimum absolute atomic E-state index is 0.397. The number of hydrogen-bond donors (Lipinski definition) is 1. The normalized spacial score (nSPS) is 20.1. The van der Waals surface area contributed by atoms with Crippen LogP contribution >= 0.6 is 0 Å². The van der Waals surface area contributed by atoms with Gasteiger partial charge in [0.2, 0.25) is 11.9 Å². The van der Waals surface area contributed by atoms with Crippen molar-refractivity contribution in [2.24, 2.45) is 11.1 Å². The van der Waals surface area contributed by atoms with Gasteiger partial charge in [-0.05, 0) is 44.2 Å². The second-order valence-electron chi connectivity index (χ2n) is 7.80. The summed E-state index contributed by atoms with van der Waals surface area (Å²) in [6, 6.07) is 7.48. The molecule has 1 saturated carbocycles. The molecule has 1 saturated heterocycles. The molecule has 2 aromatic rings. The van der Waals surface area contributed by atoms with Crippen molar-refractivity contribution in [2.45, 2.75) is 38.5 Å². The lowest BCUT2D eigenvalue weighted by molar-refractivity contribution is 0.0888. The summed E-state index contributed by atoms with van der Waals surface area (Å²) >= 11 is 0. The van der Waals surface area contributed by atoms with Gasteiger partial charge < -0.3 is 10.6 Å². The van der Waals surface area contributed by atoms with Crippen LogP contribution < -0.4 is 10.6 Å². The molecule has 5 nitrogen and oxygen atoms in total. The molecule has 1 aliphatic heterocycles. The molecule has 0 radical (unpaired) electrons. The number of anilines is 1. The predicted octanol–water partition coefficient (Wildman–Crippen LogP) is 2.72. The number of amides is 1. The zero-order valence-electron chi connectivity index (χ0n) is 14.3. The van der Waals surface area contributed by atoms with Crippen LogP contribution in [0.5, 0.6) is 0 Å². The van der Waals surface area contributed by atoms with E-state index in [9.17, 15) is 4.79 Å². The van der Waals surface area contributed by atoms with E-state index in [1.807, 2.05) is 12.1 Å².